The fraction of sp³-hybridized carbons (Fsp3) is 0. The SMILES string of the molecule is Brc1ccccc1.[2H][2H]. The minimum atomic E-state index is 1.13. The van der Waals surface area contributed by atoms with Crippen molar-refractivity contribution in [2.75, 3.05) is 0 Å². The molecule has 0 amide bonds. The first-order valence-electron chi connectivity index (χ1n) is 3.10. The van der Waals surface area contributed by atoms with Crippen LogP contribution in [-0.2, 0) is 0 Å². The Hall–Kier alpha value is -0.300. The zero-order valence-corrected chi connectivity index (χ0v) is 5.35. The van der Waals surface area contributed by atoms with Crippen LogP contribution in [0.4, 0.5) is 0 Å². The Morgan fingerprint density at radius 2 is 1.86 bits per heavy atom. The van der Waals surface area contributed by atoms with E-state index >= 15 is 0 Å². The standard InChI is InChI=1S/C6H5Br.H2/c7-6-4-2-1-3-5-6;/h1-5H;1H/i;1+1D. The molecule has 0 spiro atoms. The molecule has 0 radical (unpaired) electrons. The highest BCUT2D eigenvalue weighted by Crippen LogP contribution is 2.05. The quantitative estimate of drug-likeness (QED) is 0.548. The van der Waals surface area contributed by atoms with E-state index < -0.39 is 0 Å². The van der Waals surface area contributed by atoms with Gasteiger partial charge in [0.05, 0.1) is 0 Å². The van der Waals surface area contributed by atoms with Gasteiger partial charge in [-0.3, -0.25) is 0 Å². The minimum Gasteiger partial charge on any atom is -0.0622 e. The van der Waals surface area contributed by atoms with E-state index in [9.17, 15) is 0 Å². The van der Waals surface area contributed by atoms with Crippen molar-refractivity contribution < 1.29 is 2.97 Å². The van der Waals surface area contributed by atoms with Gasteiger partial charge in [-0.2, -0.15) is 0 Å². The van der Waals surface area contributed by atoms with Gasteiger partial charge in [-0.25, -0.2) is 0 Å². The van der Waals surface area contributed by atoms with Gasteiger partial charge in [0.25, 0.3) is 0 Å². The highest BCUT2D eigenvalue weighted by atomic mass is 79.9. The molecule has 1 heteroatoms. The van der Waals surface area contributed by atoms with Crippen molar-refractivity contribution in [3.63, 3.8) is 0 Å². The molecule has 38 valence electrons. The van der Waals surface area contributed by atoms with Crippen LogP contribution < -0.4 is 0 Å². The van der Waals surface area contributed by atoms with Crippen LogP contribution in [-0.4, -0.2) is 0 Å². The van der Waals surface area contributed by atoms with Crippen LogP contribution >= 0.6 is 15.9 Å². The molecule has 0 aliphatic heterocycles. The summed E-state index contributed by atoms with van der Waals surface area (Å²) in [7, 11) is 0. The molecule has 1 aromatic carbocycles. The van der Waals surface area contributed by atoms with E-state index in [2.05, 4.69) is 15.9 Å². The fourth-order valence-electron chi connectivity index (χ4n) is 0.415. The van der Waals surface area contributed by atoms with Crippen LogP contribution in [0.3, 0.4) is 0 Å². The molecule has 0 heterocycles. The van der Waals surface area contributed by atoms with Crippen LogP contribution in [0.1, 0.15) is 2.97 Å². The molecule has 0 aliphatic carbocycles. The monoisotopic (exact) mass is 160 g/mol. The third kappa shape index (κ3) is 1.32. The second-order valence-corrected chi connectivity index (χ2v) is 2.21. The molecule has 0 aliphatic rings. The average Bonchev–Trinajstić information content (AvgIpc) is 1.94. The molecular weight excluding hydrogens is 152 g/mol. The molecule has 0 aromatic heterocycles. The van der Waals surface area contributed by atoms with E-state index in [1.807, 2.05) is 30.3 Å². The Morgan fingerprint density at radius 1 is 1.29 bits per heavy atom. The van der Waals surface area contributed by atoms with Gasteiger partial charge in [-0.05, 0) is 12.1 Å². The number of rotatable bonds is 0. The van der Waals surface area contributed by atoms with Crippen molar-refractivity contribution in [1.29, 1.82) is 0 Å². The number of hydrogen-bond acceptors (Lipinski definition) is 0. The molecule has 1 aromatic rings. The van der Waals surface area contributed by atoms with Crippen molar-refractivity contribution in [1.82, 2.24) is 0 Å². The highest BCUT2D eigenvalue weighted by molar-refractivity contribution is 9.10. The molecule has 0 fully saturated rings. The van der Waals surface area contributed by atoms with Gasteiger partial charge >= 0.3 is 0 Å². The molecular formula is C6H7Br. The lowest BCUT2D eigenvalue weighted by Crippen LogP contribution is -1.55. The first kappa shape index (κ1) is 3.67. The summed E-state index contributed by atoms with van der Waals surface area (Å²) in [5, 5.41) is 0. The van der Waals surface area contributed by atoms with Gasteiger partial charge in [-0.1, -0.05) is 34.1 Å². The predicted octanol–water partition coefficient (Wildman–Crippen LogP) is 2.70. The molecule has 7 heavy (non-hydrogen) atoms. The largest absolute Gasteiger partial charge is 0.0622 e. The average molecular weight is 161 g/mol. The zero-order chi connectivity index (χ0) is 7.11. The number of halogens is 1. The van der Waals surface area contributed by atoms with Gasteiger partial charge in [0.1, 0.15) is 0 Å². The topological polar surface area (TPSA) is 0 Å². The molecule has 0 nitrogen and oxygen atoms in total. The molecule has 0 unspecified atom stereocenters. The Bertz CT molecular complexity index is 141. The first-order valence-corrected chi connectivity index (χ1v) is 2.89. The highest BCUT2D eigenvalue weighted by Gasteiger charge is 1.74. The summed E-state index contributed by atoms with van der Waals surface area (Å²) < 4.78 is 11.1. The lowest BCUT2D eigenvalue weighted by Gasteiger charge is -1.80. The second kappa shape index (κ2) is 2.12. The van der Waals surface area contributed by atoms with Crippen molar-refractivity contribution >= 4 is 15.9 Å². The van der Waals surface area contributed by atoms with Gasteiger partial charge in [0, 0.05) is 7.44 Å². The third-order valence-corrected chi connectivity index (χ3v) is 1.26. The van der Waals surface area contributed by atoms with Crippen LogP contribution in [0.25, 0.3) is 0 Å². The van der Waals surface area contributed by atoms with Crippen molar-refractivity contribution in [3.8, 4) is 0 Å². The van der Waals surface area contributed by atoms with Crippen molar-refractivity contribution in [2.24, 2.45) is 0 Å². The summed E-state index contributed by atoms with van der Waals surface area (Å²) >= 11 is 3.31. The maximum atomic E-state index is 5.00. The normalized spacial score (nSPS) is 9.86. The van der Waals surface area contributed by atoms with E-state index in [4.69, 9.17) is 2.97 Å². The summed E-state index contributed by atoms with van der Waals surface area (Å²) in [5.74, 6) is 0. The smallest absolute Gasteiger partial charge is 0.0175 e. The van der Waals surface area contributed by atoms with Crippen molar-refractivity contribution in [2.45, 2.75) is 0 Å². The zero-order valence-electron chi connectivity index (χ0n) is 5.76. The van der Waals surface area contributed by atoms with Gasteiger partial charge < -0.3 is 0 Å². The number of hydrogen-bond donors (Lipinski definition) is 0. The summed E-state index contributed by atoms with van der Waals surface area (Å²) in [4.78, 5) is 0. The van der Waals surface area contributed by atoms with E-state index in [0.29, 0.717) is 0 Å². The second-order valence-electron chi connectivity index (χ2n) is 1.30. The van der Waals surface area contributed by atoms with Crippen LogP contribution in [0, 0.1) is 0 Å². The Morgan fingerprint density at radius 3 is 2.14 bits per heavy atom. The predicted molar refractivity (Wildman–Crippen MR) is 36.3 cm³/mol. The van der Waals surface area contributed by atoms with Gasteiger partial charge in [-0.15, -0.1) is 0 Å². The molecule has 0 atom stereocenters. The maximum Gasteiger partial charge on any atom is 0.0175 e. The molecule has 0 saturated heterocycles. The van der Waals surface area contributed by atoms with Crippen LogP contribution in [0.2, 0.25) is 0 Å². The summed E-state index contributed by atoms with van der Waals surface area (Å²) in [6.45, 7) is 0. The Labute approximate surface area is 54.4 Å². The maximum absolute atomic E-state index is 5.00. The first-order chi connectivity index (χ1) is 4.39. The number of benzene rings is 1. The molecule has 0 saturated carbocycles. The fourth-order valence-corrected chi connectivity index (χ4v) is 0.720. The van der Waals surface area contributed by atoms with E-state index in [0.717, 1.165) is 4.47 Å². The summed E-state index contributed by atoms with van der Waals surface area (Å²) in [6.07, 6.45) is 0. The minimum absolute atomic E-state index is 1.13. The molecule has 0 N–H and O–H groups in total. The van der Waals surface area contributed by atoms with E-state index in [1.54, 1.807) is 0 Å². The van der Waals surface area contributed by atoms with Crippen molar-refractivity contribution in [3.05, 3.63) is 34.8 Å². The van der Waals surface area contributed by atoms with Gasteiger partial charge in [0.2, 0.25) is 0 Å². The van der Waals surface area contributed by atoms with Crippen LogP contribution in [0.5, 0.6) is 0 Å². The third-order valence-electron chi connectivity index (χ3n) is 0.733. The Kier molecular flexibility index (Phi) is 1.11. The van der Waals surface area contributed by atoms with E-state index in [-0.39, 0.29) is 0 Å². The van der Waals surface area contributed by atoms with Crippen LogP contribution in [0.15, 0.2) is 34.8 Å². The summed E-state index contributed by atoms with van der Waals surface area (Å²) in [5.41, 5.74) is 0. The molecule has 0 bridgehead atoms. The lowest BCUT2D eigenvalue weighted by molar-refractivity contribution is 1.66. The Balaban J connectivity index is 0.000000291. The van der Waals surface area contributed by atoms with Gasteiger partial charge in [0.15, 0.2) is 0 Å². The molecule has 1 rings (SSSR count). The van der Waals surface area contributed by atoms with E-state index in [1.165, 1.54) is 0 Å². The summed E-state index contributed by atoms with van der Waals surface area (Å²) in [6, 6.07) is 9.97. The lowest BCUT2D eigenvalue weighted by atomic mass is 10.4.